The molecule has 1 unspecified atom stereocenters. The van der Waals surface area contributed by atoms with E-state index >= 15 is 0 Å². The van der Waals surface area contributed by atoms with Crippen LogP contribution in [0.1, 0.15) is 77.0 Å². The molecule has 3 amide bonds. The number of nitrogens with one attached hydrogen (secondary N) is 2. The Morgan fingerprint density at radius 1 is 0.957 bits per heavy atom. The number of amides is 3. The van der Waals surface area contributed by atoms with Crippen LogP contribution in [-0.4, -0.2) is 80.7 Å². The van der Waals surface area contributed by atoms with Crippen molar-refractivity contribution >= 4 is 49.9 Å². The number of carbonyl (C=O) groups is 4. The molecule has 3 aliphatic carbocycles. The van der Waals surface area contributed by atoms with Crippen molar-refractivity contribution in [3.05, 3.63) is 28.7 Å². The Kier molecular flexibility index (Phi) is 9.69. The van der Waals surface area contributed by atoms with Crippen LogP contribution in [0.15, 0.2) is 33.6 Å². The van der Waals surface area contributed by atoms with Gasteiger partial charge >= 0.3 is 12.1 Å². The van der Waals surface area contributed by atoms with Gasteiger partial charge in [0.2, 0.25) is 11.8 Å². The van der Waals surface area contributed by atoms with Crippen LogP contribution in [0.4, 0.5) is 4.79 Å². The highest BCUT2D eigenvalue weighted by Gasteiger charge is 2.62. The fraction of sp³-hybridized carbons (Fsp3) is 0.688. The van der Waals surface area contributed by atoms with E-state index in [0.29, 0.717) is 35.6 Å². The summed E-state index contributed by atoms with van der Waals surface area (Å²) in [4.78, 5) is 55.3. The number of carbonyl (C=O) groups excluding carboxylic acids is 4. The Labute approximate surface area is 277 Å². The summed E-state index contributed by atoms with van der Waals surface area (Å²) in [5.74, 6) is -0.500. The molecule has 252 valence electrons. The first kappa shape index (κ1) is 33.2. The maximum atomic E-state index is 14.2. The molecule has 2 N–H and O–H groups in total. The molecule has 2 saturated heterocycles. The Balaban J connectivity index is 1.23. The molecule has 0 bridgehead atoms. The molecule has 2 aliphatic heterocycles. The lowest BCUT2D eigenvalue weighted by Crippen LogP contribution is -2.56. The van der Waals surface area contributed by atoms with Gasteiger partial charge in [-0.2, -0.15) is 8.42 Å². The average Bonchev–Trinajstić information content (AvgIpc) is 3.81. The van der Waals surface area contributed by atoms with E-state index in [0.717, 1.165) is 44.9 Å². The van der Waals surface area contributed by atoms with Gasteiger partial charge in [0.1, 0.15) is 23.7 Å². The van der Waals surface area contributed by atoms with E-state index < -0.39 is 57.7 Å². The zero-order chi connectivity index (χ0) is 32.6. The number of ether oxygens (including phenoxy) is 2. The van der Waals surface area contributed by atoms with Crippen LogP contribution in [-0.2, 0) is 38.2 Å². The van der Waals surface area contributed by atoms with Crippen LogP contribution in [0.3, 0.4) is 0 Å². The maximum Gasteiger partial charge on any atom is 0.408 e. The van der Waals surface area contributed by atoms with E-state index in [1.54, 1.807) is 12.1 Å². The van der Waals surface area contributed by atoms with Gasteiger partial charge < -0.3 is 25.0 Å². The zero-order valence-electron chi connectivity index (χ0n) is 26.0. The molecule has 0 radical (unpaired) electrons. The summed E-state index contributed by atoms with van der Waals surface area (Å²) >= 11 is 3.29. The number of alkyl carbamates (subject to hydrolysis) is 1. The highest BCUT2D eigenvalue weighted by Crippen LogP contribution is 2.52. The Morgan fingerprint density at radius 3 is 2.33 bits per heavy atom. The van der Waals surface area contributed by atoms with E-state index in [9.17, 15) is 27.6 Å². The molecule has 0 spiro atoms. The van der Waals surface area contributed by atoms with E-state index in [2.05, 4.69) is 26.6 Å². The third-order valence-electron chi connectivity index (χ3n) is 10.3. The highest BCUT2D eigenvalue weighted by molar-refractivity contribution is 9.10. The van der Waals surface area contributed by atoms with Crippen molar-refractivity contribution in [2.24, 2.45) is 17.8 Å². The fourth-order valence-electron chi connectivity index (χ4n) is 7.62. The number of benzene rings is 1. The largest absolute Gasteiger partial charge is 0.467 e. The fourth-order valence-corrected chi connectivity index (χ4v) is 8.97. The summed E-state index contributed by atoms with van der Waals surface area (Å²) in [6, 6.07) is 3.85. The number of esters is 1. The lowest BCUT2D eigenvalue weighted by atomic mass is 10.0. The molecular weight excluding hydrogens is 682 g/mol. The monoisotopic (exact) mass is 723 g/mol. The molecule has 6 rings (SSSR count). The van der Waals surface area contributed by atoms with Crippen molar-refractivity contribution in [3.8, 4) is 0 Å². The Bertz CT molecular complexity index is 1450. The number of methoxy groups -OCH3 is 1. The van der Waals surface area contributed by atoms with Crippen molar-refractivity contribution in [2.75, 3.05) is 13.7 Å². The first-order valence-corrected chi connectivity index (χ1v) is 18.6. The van der Waals surface area contributed by atoms with Crippen molar-refractivity contribution in [1.29, 1.82) is 0 Å². The minimum atomic E-state index is -4.23. The SMILES string of the molecule is COC(=O)[C@@]12C[C@@H]1CCCCCCC[C@H](NC(=O)OC1C[C@@H]3C[C@@H]3C1)C(=O)N1C[C@@H](OS(=O)(=O)c3ccc(Br)cc3)C[C@H]1C(=O)N2. The molecular formula is C32H42BrN3O9S. The van der Waals surface area contributed by atoms with Gasteiger partial charge in [-0.05, 0) is 80.5 Å². The standard InChI is InChI=1S/C32H42BrN3O9S/c1-43-30(39)32-17-21(32)7-5-3-2-4-6-8-26(34-31(40)44-23-14-19-13-20(19)15-23)29(38)36-18-24(16-27(36)28(37)35-32)45-46(41,42)25-11-9-22(33)10-12-25/h9-12,19-21,23-24,26-27H,2-8,13-18H2,1H3,(H,34,40)(H,35,37)/t19-,20+,21-,23?,24-,26-,27-,32+/m0/s1. The van der Waals surface area contributed by atoms with E-state index in [1.807, 2.05) is 0 Å². The molecule has 1 aromatic carbocycles. The van der Waals surface area contributed by atoms with Gasteiger partial charge in [-0.25, -0.2) is 9.59 Å². The van der Waals surface area contributed by atoms with Crippen molar-refractivity contribution in [1.82, 2.24) is 15.5 Å². The first-order valence-electron chi connectivity index (χ1n) is 16.4. The minimum absolute atomic E-state index is 0.0618. The third kappa shape index (κ3) is 7.23. The lowest BCUT2D eigenvalue weighted by molar-refractivity contribution is -0.148. The van der Waals surface area contributed by atoms with Gasteiger partial charge in [-0.3, -0.25) is 13.8 Å². The van der Waals surface area contributed by atoms with Gasteiger partial charge in [0.05, 0.1) is 18.1 Å². The molecule has 1 aromatic rings. The van der Waals surface area contributed by atoms with Crippen molar-refractivity contribution in [3.63, 3.8) is 0 Å². The summed E-state index contributed by atoms with van der Waals surface area (Å²) < 4.78 is 43.4. The van der Waals surface area contributed by atoms with Crippen LogP contribution in [0, 0.1) is 17.8 Å². The number of hydrogen-bond donors (Lipinski definition) is 2. The molecule has 14 heteroatoms. The second-order valence-corrected chi connectivity index (χ2v) is 16.0. The van der Waals surface area contributed by atoms with E-state index in [4.69, 9.17) is 13.7 Å². The molecule has 5 fully saturated rings. The van der Waals surface area contributed by atoms with Crippen LogP contribution >= 0.6 is 15.9 Å². The normalized spacial score (nSPS) is 34.6. The number of hydrogen-bond acceptors (Lipinski definition) is 9. The Morgan fingerprint density at radius 2 is 1.63 bits per heavy atom. The van der Waals surface area contributed by atoms with Gasteiger partial charge in [-0.1, -0.05) is 48.0 Å². The van der Waals surface area contributed by atoms with Crippen molar-refractivity contribution in [2.45, 2.75) is 112 Å². The van der Waals surface area contributed by atoms with Gasteiger partial charge in [0.15, 0.2) is 0 Å². The van der Waals surface area contributed by atoms with Gasteiger partial charge in [-0.15, -0.1) is 0 Å². The van der Waals surface area contributed by atoms with Gasteiger partial charge in [0, 0.05) is 17.4 Å². The van der Waals surface area contributed by atoms with E-state index in [1.165, 1.54) is 30.6 Å². The van der Waals surface area contributed by atoms with Gasteiger partial charge in [0.25, 0.3) is 10.1 Å². The summed E-state index contributed by atoms with van der Waals surface area (Å²) in [6.45, 7) is -0.194. The summed E-state index contributed by atoms with van der Waals surface area (Å²) in [6.07, 6.45) is 6.65. The lowest BCUT2D eigenvalue weighted by Gasteiger charge is -2.30. The maximum absolute atomic E-state index is 14.2. The quantitative estimate of drug-likeness (QED) is 0.329. The van der Waals surface area contributed by atoms with Crippen LogP contribution in [0.5, 0.6) is 0 Å². The van der Waals surface area contributed by atoms with E-state index in [-0.39, 0.29) is 29.9 Å². The summed E-state index contributed by atoms with van der Waals surface area (Å²) in [5.41, 5.74) is -1.19. The third-order valence-corrected chi connectivity index (χ3v) is 12.2. The molecule has 5 aliphatic rings. The molecule has 3 saturated carbocycles. The number of nitrogens with zero attached hydrogens (tertiary/aromatic N) is 1. The number of rotatable bonds is 6. The zero-order valence-corrected chi connectivity index (χ0v) is 28.4. The first-order chi connectivity index (χ1) is 22.0. The minimum Gasteiger partial charge on any atom is -0.467 e. The second-order valence-electron chi connectivity index (χ2n) is 13.5. The number of fused-ring (bicyclic) bond motifs is 3. The summed E-state index contributed by atoms with van der Waals surface area (Å²) in [7, 11) is -2.95. The molecule has 46 heavy (non-hydrogen) atoms. The average molecular weight is 725 g/mol. The highest BCUT2D eigenvalue weighted by atomic mass is 79.9. The molecule has 12 nitrogen and oxygen atoms in total. The van der Waals surface area contributed by atoms with Crippen LogP contribution in [0.2, 0.25) is 0 Å². The predicted molar refractivity (Wildman–Crippen MR) is 168 cm³/mol. The van der Waals surface area contributed by atoms with Crippen LogP contribution in [0.25, 0.3) is 0 Å². The molecule has 2 heterocycles. The van der Waals surface area contributed by atoms with Crippen LogP contribution < -0.4 is 10.6 Å². The second kappa shape index (κ2) is 13.4. The summed E-state index contributed by atoms with van der Waals surface area (Å²) in [5, 5.41) is 5.65. The Hall–Kier alpha value is -2.71. The van der Waals surface area contributed by atoms with Crippen molar-refractivity contribution < 1.29 is 41.3 Å². The topological polar surface area (TPSA) is 157 Å². The predicted octanol–water partition coefficient (Wildman–Crippen LogP) is 3.81. The molecule has 8 atom stereocenters. The smallest absolute Gasteiger partial charge is 0.408 e. The molecule has 0 aromatic heterocycles. The number of halogens is 1.